The number of amides is 1. The molecule has 3 aromatic carbocycles. The molecule has 5 nitrogen and oxygen atoms in total. The van der Waals surface area contributed by atoms with Crippen molar-refractivity contribution < 1.29 is 4.79 Å². The maximum Gasteiger partial charge on any atom is 0.255 e. The summed E-state index contributed by atoms with van der Waals surface area (Å²) < 4.78 is 0. The Hall–Kier alpha value is -4.12. The van der Waals surface area contributed by atoms with Crippen LogP contribution in [0.2, 0.25) is 0 Å². The second-order valence-electron chi connectivity index (χ2n) is 6.87. The molecule has 5 heteroatoms. The number of aromatic nitrogens is 1. The van der Waals surface area contributed by atoms with Crippen molar-refractivity contribution in [2.45, 2.75) is 6.54 Å². The summed E-state index contributed by atoms with van der Waals surface area (Å²) in [5, 5.41) is 2.86. The number of rotatable bonds is 6. The Bertz CT molecular complexity index is 1070. The molecule has 0 spiro atoms. The number of nitrogens with two attached hydrogens (primary N) is 1. The molecule has 0 aliphatic carbocycles. The van der Waals surface area contributed by atoms with E-state index in [0.717, 1.165) is 16.9 Å². The molecule has 4 aromatic rings. The van der Waals surface area contributed by atoms with Crippen LogP contribution in [-0.2, 0) is 6.54 Å². The maximum atomic E-state index is 12.6. The molecule has 0 unspecified atom stereocenters. The minimum Gasteiger partial charge on any atom is -0.397 e. The Kier molecular flexibility index (Phi) is 5.71. The molecular weight excluding hydrogens is 372 g/mol. The summed E-state index contributed by atoms with van der Waals surface area (Å²) in [6.07, 6.45) is 3.61. The largest absolute Gasteiger partial charge is 0.397 e. The minimum absolute atomic E-state index is 0.188. The number of carbonyl (C=O) groups is 1. The first kappa shape index (κ1) is 19.2. The molecule has 1 heterocycles. The summed E-state index contributed by atoms with van der Waals surface area (Å²) in [7, 11) is 0. The highest BCUT2D eigenvalue weighted by Crippen LogP contribution is 2.26. The van der Waals surface area contributed by atoms with Crippen molar-refractivity contribution in [3.05, 3.63) is 115 Å². The molecule has 0 aliphatic rings. The quantitative estimate of drug-likeness (QED) is 0.438. The summed E-state index contributed by atoms with van der Waals surface area (Å²) >= 11 is 0. The highest BCUT2D eigenvalue weighted by Gasteiger charge is 2.12. The zero-order chi connectivity index (χ0) is 20.8. The summed E-state index contributed by atoms with van der Waals surface area (Å²) in [6.45, 7) is 0.656. The summed E-state index contributed by atoms with van der Waals surface area (Å²) in [5.74, 6) is -0.188. The third-order valence-corrected chi connectivity index (χ3v) is 4.79. The Morgan fingerprint density at radius 2 is 1.53 bits per heavy atom. The van der Waals surface area contributed by atoms with Crippen molar-refractivity contribution >= 4 is 28.7 Å². The first-order chi connectivity index (χ1) is 14.7. The van der Waals surface area contributed by atoms with Crippen LogP contribution < -0.4 is 16.0 Å². The van der Waals surface area contributed by atoms with Gasteiger partial charge in [-0.25, -0.2) is 0 Å². The van der Waals surface area contributed by atoms with Gasteiger partial charge in [0.15, 0.2) is 0 Å². The van der Waals surface area contributed by atoms with E-state index in [4.69, 9.17) is 5.73 Å². The van der Waals surface area contributed by atoms with E-state index in [0.29, 0.717) is 23.5 Å². The third-order valence-electron chi connectivity index (χ3n) is 4.79. The number of nitrogens with zero attached hydrogens (tertiary/aromatic N) is 2. The molecule has 148 valence electrons. The molecular formula is C25H22N4O. The van der Waals surface area contributed by atoms with Crippen LogP contribution >= 0.6 is 0 Å². The average molecular weight is 394 g/mol. The maximum absolute atomic E-state index is 12.6. The number of carbonyl (C=O) groups excluding carboxylic acids is 1. The van der Waals surface area contributed by atoms with Crippen molar-refractivity contribution in [3.63, 3.8) is 0 Å². The predicted octanol–water partition coefficient (Wildman–Crippen LogP) is 5.25. The number of nitrogens with one attached hydrogen (secondary N) is 1. The van der Waals surface area contributed by atoms with Gasteiger partial charge in [-0.15, -0.1) is 0 Å². The molecule has 0 radical (unpaired) electrons. The Morgan fingerprint density at radius 3 is 2.23 bits per heavy atom. The number of hydrogen-bond acceptors (Lipinski definition) is 4. The van der Waals surface area contributed by atoms with E-state index in [2.05, 4.69) is 27.3 Å². The SMILES string of the molecule is Nc1ccccc1NC(=O)c1ccc(CN(c2ccccc2)c2cccnc2)cc1. The van der Waals surface area contributed by atoms with Gasteiger partial charge in [-0.05, 0) is 54.1 Å². The van der Waals surface area contributed by atoms with E-state index in [-0.39, 0.29) is 5.91 Å². The van der Waals surface area contributed by atoms with E-state index in [1.54, 1.807) is 18.3 Å². The van der Waals surface area contributed by atoms with Crippen LogP contribution in [0.5, 0.6) is 0 Å². The minimum atomic E-state index is -0.188. The molecule has 0 saturated heterocycles. The number of nitrogen functional groups attached to an aromatic ring is 1. The lowest BCUT2D eigenvalue weighted by Crippen LogP contribution is -2.17. The molecule has 0 atom stereocenters. The van der Waals surface area contributed by atoms with Crippen molar-refractivity contribution in [2.24, 2.45) is 0 Å². The van der Waals surface area contributed by atoms with E-state index in [1.165, 1.54) is 0 Å². The molecule has 0 saturated carbocycles. The lowest BCUT2D eigenvalue weighted by atomic mass is 10.1. The lowest BCUT2D eigenvalue weighted by molar-refractivity contribution is 0.102. The van der Waals surface area contributed by atoms with Crippen molar-refractivity contribution in [2.75, 3.05) is 16.0 Å². The number of hydrogen-bond donors (Lipinski definition) is 2. The second-order valence-corrected chi connectivity index (χ2v) is 6.87. The Labute approximate surface area is 175 Å². The van der Waals surface area contributed by atoms with Crippen LogP contribution in [0.1, 0.15) is 15.9 Å². The number of anilines is 4. The Balaban J connectivity index is 1.53. The van der Waals surface area contributed by atoms with Crippen LogP contribution in [0.15, 0.2) is 103 Å². The molecule has 1 amide bonds. The highest BCUT2D eigenvalue weighted by molar-refractivity contribution is 6.05. The number of benzene rings is 3. The summed E-state index contributed by atoms with van der Waals surface area (Å²) in [6, 6.07) is 28.9. The molecule has 0 aliphatic heterocycles. The van der Waals surface area contributed by atoms with Gasteiger partial charge in [0.1, 0.15) is 0 Å². The van der Waals surface area contributed by atoms with Crippen LogP contribution in [0.3, 0.4) is 0 Å². The smallest absolute Gasteiger partial charge is 0.255 e. The van der Waals surface area contributed by atoms with E-state index in [9.17, 15) is 4.79 Å². The first-order valence-corrected chi connectivity index (χ1v) is 9.68. The zero-order valence-corrected chi connectivity index (χ0v) is 16.4. The Morgan fingerprint density at radius 1 is 0.833 bits per heavy atom. The normalized spacial score (nSPS) is 10.4. The number of para-hydroxylation sites is 3. The molecule has 0 fully saturated rings. The van der Waals surface area contributed by atoms with Crippen LogP contribution in [-0.4, -0.2) is 10.9 Å². The topological polar surface area (TPSA) is 71.2 Å². The van der Waals surface area contributed by atoms with Gasteiger partial charge in [0, 0.05) is 24.0 Å². The average Bonchev–Trinajstić information content (AvgIpc) is 2.80. The summed E-state index contributed by atoms with van der Waals surface area (Å²) in [4.78, 5) is 19.0. The van der Waals surface area contributed by atoms with Gasteiger partial charge in [-0.2, -0.15) is 0 Å². The van der Waals surface area contributed by atoms with Gasteiger partial charge in [0.2, 0.25) is 0 Å². The van der Waals surface area contributed by atoms with E-state index in [1.807, 2.05) is 72.9 Å². The van der Waals surface area contributed by atoms with Gasteiger partial charge in [-0.1, -0.05) is 42.5 Å². The zero-order valence-electron chi connectivity index (χ0n) is 16.4. The van der Waals surface area contributed by atoms with Gasteiger partial charge < -0.3 is 16.0 Å². The van der Waals surface area contributed by atoms with Crippen molar-refractivity contribution in [1.82, 2.24) is 4.98 Å². The summed E-state index contributed by atoms with van der Waals surface area (Å²) in [5.41, 5.74) is 10.8. The predicted molar refractivity (Wildman–Crippen MR) is 122 cm³/mol. The fourth-order valence-electron chi connectivity index (χ4n) is 3.20. The molecule has 30 heavy (non-hydrogen) atoms. The number of pyridine rings is 1. The van der Waals surface area contributed by atoms with Gasteiger partial charge in [-0.3, -0.25) is 9.78 Å². The fraction of sp³-hybridized carbons (Fsp3) is 0.0400. The molecule has 0 bridgehead atoms. The second kappa shape index (κ2) is 8.92. The molecule has 1 aromatic heterocycles. The lowest BCUT2D eigenvalue weighted by Gasteiger charge is -2.25. The van der Waals surface area contributed by atoms with Crippen molar-refractivity contribution in [1.29, 1.82) is 0 Å². The molecule has 4 rings (SSSR count). The van der Waals surface area contributed by atoms with Crippen molar-refractivity contribution in [3.8, 4) is 0 Å². The van der Waals surface area contributed by atoms with E-state index < -0.39 is 0 Å². The van der Waals surface area contributed by atoms with Crippen LogP contribution in [0.4, 0.5) is 22.7 Å². The first-order valence-electron chi connectivity index (χ1n) is 9.68. The van der Waals surface area contributed by atoms with Crippen LogP contribution in [0, 0.1) is 0 Å². The van der Waals surface area contributed by atoms with Gasteiger partial charge in [0.25, 0.3) is 5.91 Å². The highest BCUT2D eigenvalue weighted by atomic mass is 16.1. The van der Waals surface area contributed by atoms with E-state index >= 15 is 0 Å². The van der Waals surface area contributed by atoms with Crippen LogP contribution in [0.25, 0.3) is 0 Å². The monoisotopic (exact) mass is 394 g/mol. The van der Waals surface area contributed by atoms with Gasteiger partial charge in [0.05, 0.1) is 23.3 Å². The third kappa shape index (κ3) is 4.47. The molecule has 3 N–H and O–H groups in total. The fourth-order valence-corrected chi connectivity index (χ4v) is 3.20. The standard InChI is InChI=1S/C25H22N4O/c26-23-10-4-5-11-24(23)28-25(30)20-14-12-19(13-15-20)18-29(21-7-2-1-3-8-21)22-9-6-16-27-17-22/h1-17H,18,26H2,(H,28,30). The van der Waals surface area contributed by atoms with Gasteiger partial charge >= 0.3 is 0 Å².